The summed E-state index contributed by atoms with van der Waals surface area (Å²) < 4.78 is 7.12. The third-order valence-electron chi connectivity index (χ3n) is 6.33. The fourth-order valence-corrected chi connectivity index (χ4v) is 6.07. The van der Waals surface area contributed by atoms with Gasteiger partial charge in [0.25, 0.3) is 0 Å². The molecule has 0 saturated carbocycles. The molecule has 3 aromatic rings. The van der Waals surface area contributed by atoms with E-state index in [1.54, 1.807) is 23.5 Å². The standard InChI is InChI=1S/C26H29NO4S2/c1-15(2)19-11-20-23(32-14-27-20)12-22(19)33-24-21(29)13-26(16(3)4,31-25(24)30)10-9-17-5-7-18(28)8-6-17/h5-8,11-12,14-16,28-29H,9-10,13H2,1-4H3/t26-/m0/s1. The Hall–Kier alpha value is -2.51. The molecule has 0 fully saturated rings. The van der Waals surface area contributed by atoms with Gasteiger partial charge in [-0.25, -0.2) is 9.78 Å². The zero-order valence-electron chi connectivity index (χ0n) is 19.3. The predicted molar refractivity (Wildman–Crippen MR) is 134 cm³/mol. The van der Waals surface area contributed by atoms with Crippen molar-refractivity contribution in [1.82, 2.24) is 4.98 Å². The Balaban J connectivity index is 1.61. The van der Waals surface area contributed by atoms with Gasteiger partial charge in [-0.3, -0.25) is 0 Å². The average Bonchev–Trinajstić information content (AvgIpc) is 3.22. The van der Waals surface area contributed by atoms with Gasteiger partial charge in [0.1, 0.15) is 22.0 Å². The number of ether oxygens (including phenoxy) is 1. The van der Waals surface area contributed by atoms with Crippen LogP contribution in [0.15, 0.2) is 57.5 Å². The van der Waals surface area contributed by atoms with Crippen molar-refractivity contribution < 1.29 is 19.7 Å². The summed E-state index contributed by atoms with van der Waals surface area (Å²) in [6.07, 6.45) is 1.56. The van der Waals surface area contributed by atoms with E-state index in [0.29, 0.717) is 12.8 Å². The SMILES string of the molecule is CC(C)c1cc2ncsc2cc1SC1=C(O)C[C@@](CCc2ccc(O)cc2)(C(C)C)OC1=O. The molecule has 0 spiro atoms. The fraction of sp³-hybridized carbons (Fsp3) is 0.385. The molecule has 7 heteroatoms. The second-order valence-corrected chi connectivity index (χ2v) is 11.1. The number of phenols is 1. The van der Waals surface area contributed by atoms with E-state index in [2.05, 4.69) is 31.0 Å². The number of thioether (sulfide) groups is 1. The highest BCUT2D eigenvalue weighted by Crippen LogP contribution is 2.45. The number of aromatic nitrogens is 1. The number of hydrogen-bond donors (Lipinski definition) is 2. The van der Waals surface area contributed by atoms with E-state index in [4.69, 9.17) is 4.74 Å². The highest BCUT2D eigenvalue weighted by atomic mass is 32.2. The van der Waals surface area contributed by atoms with Crippen molar-refractivity contribution in [2.75, 3.05) is 0 Å². The maximum absolute atomic E-state index is 13.2. The van der Waals surface area contributed by atoms with Crippen LogP contribution in [0.5, 0.6) is 5.75 Å². The molecule has 1 atom stereocenters. The van der Waals surface area contributed by atoms with Crippen molar-refractivity contribution in [2.24, 2.45) is 5.92 Å². The molecule has 0 unspecified atom stereocenters. The van der Waals surface area contributed by atoms with E-state index in [1.165, 1.54) is 11.8 Å². The van der Waals surface area contributed by atoms with Gasteiger partial charge in [-0.05, 0) is 60.1 Å². The zero-order chi connectivity index (χ0) is 23.8. The first-order valence-electron chi connectivity index (χ1n) is 11.2. The lowest BCUT2D eigenvalue weighted by Gasteiger charge is -2.40. The van der Waals surface area contributed by atoms with E-state index in [9.17, 15) is 15.0 Å². The molecule has 174 valence electrons. The first kappa shape index (κ1) is 23.6. The number of thiazole rings is 1. The minimum absolute atomic E-state index is 0.0343. The molecule has 1 aliphatic heterocycles. The first-order chi connectivity index (χ1) is 15.7. The third-order valence-corrected chi connectivity index (χ3v) is 8.30. The van der Waals surface area contributed by atoms with Crippen LogP contribution in [0.1, 0.15) is 57.6 Å². The molecule has 5 nitrogen and oxygen atoms in total. The van der Waals surface area contributed by atoms with E-state index in [1.807, 2.05) is 31.5 Å². The predicted octanol–water partition coefficient (Wildman–Crippen LogP) is 6.96. The second-order valence-electron chi connectivity index (χ2n) is 9.19. The van der Waals surface area contributed by atoms with Crippen molar-refractivity contribution in [1.29, 1.82) is 0 Å². The number of fused-ring (bicyclic) bond motifs is 1. The van der Waals surface area contributed by atoms with Gasteiger partial charge in [0.15, 0.2) is 0 Å². The number of carbonyl (C=O) groups is 1. The maximum atomic E-state index is 13.2. The summed E-state index contributed by atoms with van der Waals surface area (Å²) in [5, 5.41) is 20.6. The number of cyclic esters (lactones) is 1. The largest absolute Gasteiger partial charge is 0.511 e. The van der Waals surface area contributed by atoms with Crippen LogP contribution in [-0.4, -0.2) is 26.8 Å². The summed E-state index contributed by atoms with van der Waals surface area (Å²) in [5.74, 6) is 0.131. The number of aliphatic hydroxyl groups excluding tert-OH is 1. The van der Waals surface area contributed by atoms with E-state index >= 15 is 0 Å². The number of benzene rings is 2. The van der Waals surface area contributed by atoms with Crippen LogP contribution in [0, 0.1) is 5.92 Å². The molecule has 2 N–H and O–H groups in total. The summed E-state index contributed by atoms with van der Waals surface area (Å²) in [6.45, 7) is 8.25. The van der Waals surface area contributed by atoms with Crippen LogP contribution in [0.25, 0.3) is 10.2 Å². The van der Waals surface area contributed by atoms with Gasteiger partial charge in [-0.15, -0.1) is 11.3 Å². The summed E-state index contributed by atoms with van der Waals surface area (Å²) in [4.78, 5) is 18.8. The van der Waals surface area contributed by atoms with Crippen molar-refractivity contribution in [3.05, 3.63) is 63.7 Å². The first-order valence-corrected chi connectivity index (χ1v) is 12.9. The van der Waals surface area contributed by atoms with Crippen LogP contribution in [0.3, 0.4) is 0 Å². The van der Waals surface area contributed by atoms with Gasteiger partial charge >= 0.3 is 5.97 Å². The summed E-state index contributed by atoms with van der Waals surface area (Å²) in [7, 11) is 0. The number of hydrogen-bond acceptors (Lipinski definition) is 7. The van der Waals surface area contributed by atoms with Crippen LogP contribution in [0.2, 0.25) is 0 Å². The fourth-order valence-electron chi connectivity index (χ4n) is 4.17. The molecular formula is C26H29NO4S2. The van der Waals surface area contributed by atoms with E-state index < -0.39 is 11.6 Å². The topological polar surface area (TPSA) is 79.7 Å². The quantitative estimate of drug-likeness (QED) is 0.354. The molecular weight excluding hydrogens is 454 g/mol. The molecule has 1 aliphatic rings. The number of nitrogens with zero attached hydrogens (tertiary/aromatic N) is 1. The minimum Gasteiger partial charge on any atom is -0.511 e. The third kappa shape index (κ3) is 4.89. The van der Waals surface area contributed by atoms with Gasteiger partial charge in [0.05, 0.1) is 15.7 Å². The Bertz CT molecular complexity index is 1200. The van der Waals surface area contributed by atoms with Crippen molar-refractivity contribution in [3.63, 3.8) is 0 Å². The molecule has 0 saturated heterocycles. The molecule has 1 aromatic heterocycles. The number of aromatic hydroxyl groups is 1. The highest BCUT2D eigenvalue weighted by Gasteiger charge is 2.44. The molecule has 2 aromatic carbocycles. The van der Waals surface area contributed by atoms with Crippen LogP contribution in [-0.2, 0) is 16.0 Å². The average molecular weight is 484 g/mol. The Labute approximate surface area is 202 Å². The van der Waals surface area contributed by atoms with Gasteiger partial charge in [-0.1, -0.05) is 51.6 Å². The van der Waals surface area contributed by atoms with E-state index in [0.717, 1.165) is 26.2 Å². The Morgan fingerprint density at radius 1 is 1.15 bits per heavy atom. The number of aryl methyl sites for hydroxylation is 1. The molecule has 4 rings (SSSR count). The van der Waals surface area contributed by atoms with Crippen LogP contribution >= 0.6 is 23.1 Å². The number of phenolic OH excluding ortho intramolecular Hbond substituents is 1. The Morgan fingerprint density at radius 2 is 1.88 bits per heavy atom. The van der Waals surface area contributed by atoms with E-state index in [-0.39, 0.29) is 34.7 Å². The Kier molecular flexibility index (Phi) is 6.73. The highest BCUT2D eigenvalue weighted by molar-refractivity contribution is 8.04. The lowest BCUT2D eigenvalue weighted by molar-refractivity contribution is -0.164. The van der Waals surface area contributed by atoms with Crippen LogP contribution < -0.4 is 0 Å². The second kappa shape index (κ2) is 9.39. The smallest absolute Gasteiger partial charge is 0.349 e. The van der Waals surface area contributed by atoms with Crippen LogP contribution in [0.4, 0.5) is 0 Å². The molecule has 2 heterocycles. The molecule has 33 heavy (non-hydrogen) atoms. The van der Waals surface area contributed by atoms with Gasteiger partial charge in [-0.2, -0.15) is 0 Å². The van der Waals surface area contributed by atoms with Gasteiger partial charge in [0, 0.05) is 11.3 Å². The molecule has 0 bridgehead atoms. The lowest BCUT2D eigenvalue weighted by Crippen LogP contribution is -2.44. The van der Waals surface area contributed by atoms with Gasteiger partial charge < -0.3 is 14.9 Å². The maximum Gasteiger partial charge on any atom is 0.349 e. The summed E-state index contributed by atoms with van der Waals surface area (Å²) in [6, 6.07) is 11.2. The number of carbonyl (C=O) groups excluding carboxylic acids is 1. The number of aliphatic hydroxyl groups is 1. The minimum atomic E-state index is -0.772. The summed E-state index contributed by atoms with van der Waals surface area (Å²) in [5.41, 5.74) is 4.14. The monoisotopic (exact) mass is 483 g/mol. The number of esters is 1. The molecule has 0 aliphatic carbocycles. The normalized spacial score (nSPS) is 19.0. The molecule has 0 amide bonds. The van der Waals surface area contributed by atoms with Crippen molar-refractivity contribution in [2.45, 2.75) is 63.4 Å². The van der Waals surface area contributed by atoms with Crippen molar-refractivity contribution in [3.8, 4) is 5.75 Å². The molecule has 0 radical (unpaired) electrons. The van der Waals surface area contributed by atoms with Crippen molar-refractivity contribution >= 4 is 39.3 Å². The Morgan fingerprint density at radius 3 is 2.52 bits per heavy atom. The lowest BCUT2D eigenvalue weighted by atomic mass is 9.80. The van der Waals surface area contributed by atoms with Gasteiger partial charge in [0.2, 0.25) is 0 Å². The number of rotatable bonds is 7. The summed E-state index contributed by atoms with van der Waals surface area (Å²) >= 11 is 2.85. The zero-order valence-corrected chi connectivity index (χ0v) is 20.9.